The van der Waals surface area contributed by atoms with E-state index in [1.165, 1.54) is 5.56 Å². The van der Waals surface area contributed by atoms with E-state index in [1.54, 1.807) is 30.5 Å². The highest BCUT2D eigenvalue weighted by atomic mass is 79.9. The van der Waals surface area contributed by atoms with Gasteiger partial charge in [-0.1, -0.05) is 0 Å². The molecule has 0 atom stereocenters. The van der Waals surface area contributed by atoms with Crippen LogP contribution in [0.3, 0.4) is 0 Å². The van der Waals surface area contributed by atoms with Crippen molar-refractivity contribution in [2.24, 2.45) is 0 Å². The Balaban J connectivity index is 2.00. The summed E-state index contributed by atoms with van der Waals surface area (Å²) in [6, 6.07) is 7.42. The Morgan fingerprint density at radius 1 is 1.42 bits per heavy atom. The van der Waals surface area contributed by atoms with E-state index in [4.69, 9.17) is 4.74 Å². The van der Waals surface area contributed by atoms with E-state index >= 15 is 0 Å². The maximum Gasteiger partial charge on any atom is 0.251 e. The summed E-state index contributed by atoms with van der Waals surface area (Å²) in [6.07, 6.45) is 0.861. The van der Waals surface area contributed by atoms with E-state index in [1.807, 2.05) is 6.07 Å². The summed E-state index contributed by atoms with van der Waals surface area (Å²) in [5.41, 5.74) is 1.86. The smallest absolute Gasteiger partial charge is 0.251 e. The number of benzene rings is 1. The Labute approximate surface area is 124 Å². The largest absolute Gasteiger partial charge is 0.492 e. The third-order valence-electron chi connectivity index (χ3n) is 2.65. The molecular weight excluding hydrogens is 326 g/mol. The highest BCUT2D eigenvalue weighted by Gasteiger charge is 2.08. The van der Waals surface area contributed by atoms with Crippen LogP contribution in [0.25, 0.3) is 0 Å². The summed E-state index contributed by atoms with van der Waals surface area (Å²) in [5.74, 6) is 0.575. The normalized spacial score (nSPS) is 10.2. The quantitative estimate of drug-likeness (QED) is 0.905. The first-order valence-electron chi connectivity index (χ1n) is 5.86. The minimum Gasteiger partial charge on any atom is -0.492 e. The summed E-state index contributed by atoms with van der Waals surface area (Å²) in [4.78, 5) is 11.6. The average molecular weight is 340 g/mol. The second kappa shape index (κ2) is 6.73. The lowest BCUT2D eigenvalue weighted by Crippen LogP contribution is -2.17. The zero-order valence-electron chi connectivity index (χ0n) is 10.5. The van der Waals surface area contributed by atoms with E-state index in [-0.39, 0.29) is 5.91 Å². The molecule has 0 aliphatic carbocycles. The van der Waals surface area contributed by atoms with Gasteiger partial charge < -0.3 is 10.1 Å². The van der Waals surface area contributed by atoms with Crippen LogP contribution in [0.15, 0.2) is 39.5 Å². The summed E-state index contributed by atoms with van der Waals surface area (Å²) < 4.78 is 6.58. The van der Waals surface area contributed by atoms with Crippen LogP contribution in [0.1, 0.15) is 15.9 Å². The zero-order chi connectivity index (χ0) is 13.7. The molecule has 1 heterocycles. The van der Waals surface area contributed by atoms with Crippen molar-refractivity contribution >= 4 is 33.2 Å². The van der Waals surface area contributed by atoms with Crippen LogP contribution in [0.4, 0.5) is 0 Å². The lowest BCUT2D eigenvalue weighted by molar-refractivity contribution is 0.0962. The number of hydrogen-bond donors (Lipinski definition) is 1. The summed E-state index contributed by atoms with van der Waals surface area (Å²) >= 11 is 5.11. The van der Waals surface area contributed by atoms with Crippen molar-refractivity contribution in [1.82, 2.24) is 5.32 Å². The van der Waals surface area contributed by atoms with Crippen LogP contribution in [0.2, 0.25) is 0 Å². The Kier molecular flexibility index (Phi) is 4.99. The van der Waals surface area contributed by atoms with Gasteiger partial charge in [0.25, 0.3) is 5.91 Å². The molecule has 5 heteroatoms. The van der Waals surface area contributed by atoms with Gasteiger partial charge >= 0.3 is 0 Å². The molecule has 1 amide bonds. The van der Waals surface area contributed by atoms with Crippen LogP contribution in [-0.2, 0) is 6.42 Å². The van der Waals surface area contributed by atoms with Crippen molar-refractivity contribution in [2.45, 2.75) is 6.42 Å². The number of carbonyl (C=O) groups excluding carboxylic acids is 1. The number of amides is 1. The van der Waals surface area contributed by atoms with Gasteiger partial charge in [-0.05, 0) is 56.5 Å². The highest BCUT2D eigenvalue weighted by Crippen LogP contribution is 2.26. The number of halogens is 1. The Morgan fingerprint density at radius 3 is 2.95 bits per heavy atom. The van der Waals surface area contributed by atoms with Crippen molar-refractivity contribution in [2.75, 3.05) is 13.7 Å². The van der Waals surface area contributed by atoms with E-state index < -0.39 is 0 Å². The molecule has 1 aromatic carbocycles. The molecule has 100 valence electrons. The first-order valence-corrected chi connectivity index (χ1v) is 7.60. The molecule has 2 rings (SSSR count). The number of thiophene rings is 1. The van der Waals surface area contributed by atoms with Crippen molar-refractivity contribution in [3.05, 3.63) is 50.6 Å². The van der Waals surface area contributed by atoms with E-state index in [0.29, 0.717) is 17.9 Å². The molecule has 0 unspecified atom stereocenters. The molecule has 1 N–H and O–H groups in total. The van der Waals surface area contributed by atoms with Gasteiger partial charge in [0, 0.05) is 19.0 Å². The third kappa shape index (κ3) is 3.81. The second-order valence-corrected chi connectivity index (χ2v) is 5.59. The molecule has 19 heavy (non-hydrogen) atoms. The monoisotopic (exact) mass is 339 g/mol. The minimum absolute atomic E-state index is 0.116. The highest BCUT2D eigenvalue weighted by molar-refractivity contribution is 9.10. The van der Waals surface area contributed by atoms with Gasteiger partial charge in [0.2, 0.25) is 0 Å². The molecule has 0 fully saturated rings. The SMILES string of the molecule is CNC(=O)c1ccc(Br)c(OCCc2ccsc2)c1. The van der Waals surface area contributed by atoms with Gasteiger partial charge in [0.1, 0.15) is 5.75 Å². The predicted octanol–water partition coefficient (Wildman–Crippen LogP) is 3.49. The maximum atomic E-state index is 11.6. The number of ether oxygens (including phenoxy) is 1. The zero-order valence-corrected chi connectivity index (χ0v) is 12.9. The number of rotatable bonds is 5. The first kappa shape index (κ1) is 14.1. The van der Waals surface area contributed by atoms with Crippen molar-refractivity contribution < 1.29 is 9.53 Å². The first-order chi connectivity index (χ1) is 9.20. The van der Waals surface area contributed by atoms with Gasteiger partial charge in [0.15, 0.2) is 0 Å². The Hall–Kier alpha value is -1.33. The molecule has 2 aromatic rings. The Bertz CT molecular complexity index is 555. The fourth-order valence-electron chi connectivity index (χ4n) is 1.61. The standard InChI is InChI=1S/C14H14BrNO2S/c1-16-14(17)11-2-3-12(15)13(8-11)18-6-4-10-5-7-19-9-10/h2-3,5,7-9H,4,6H2,1H3,(H,16,17). The van der Waals surface area contributed by atoms with Gasteiger partial charge in [-0.3, -0.25) is 4.79 Å². The van der Waals surface area contributed by atoms with E-state index in [2.05, 4.69) is 38.1 Å². The third-order valence-corrected chi connectivity index (χ3v) is 4.04. The fourth-order valence-corrected chi connectivity index (χ4v) is 2.68. The summed E-state index contributed by atoms with van der Waals surface area (Å²) in [5, 5.41) is 6.76. The lowest BCUT2D eigenvalue weighted by Gasteiger charge is -2.09. The van der Waals surface area contributed by atoms with Crippen molar-refractivity contribution in [3.63, 3.8) is 0 Å². The molecule has 0 bridgehead atoms. The van der Waals surface area contributed by atoms with Crippen molar-refractivity contribution in [3.8, 4) is 5.75 Å². The molecular formula is C14H14BrNO2S. The molecule has 0 saturated heterocycles. The van der Waals surface area contributed by atoms with Crippen LogP contribution < -0.4 is 10.1 Å². The number of nitrogens with one attached hydrogen (secondary N) is 1. The fraction of sp³-hybridized carbons (Fsp3) is 0.214. The topological polar surface area (TPSA) is 38.3 Å². The number of hydrogen-bond acceptors (Lipinski definition) is 3. The minimum atomic E-state index is -0.116. The van der Waals surface area contributed by atoms with E-state index in [9.17, 15) is 4.79 Å². The molecule has 0 radical (unpaired) electrons. The lowest BCUT2D eigenvalue weighted by atomic mass is 10.2. The van der Waals surface area contributed by atoms with Gasteiger partial charge in [-0.15, -0.1) is 0 Å². The molecule has 0 aliphatic rings. The number of carbonyl (C=O) groups is 1. The van der Waals surface area contributed by atoms with Crippen LogP contribution >= 0.6 is 27.3 Å². The van der Waals surface area contributed by atoms with Crippen molar-refractivity contribution in [1.29, 1.82) is 0 Å². The van der Waals surface area contributed by atoms with Gasteiger partial charge in [-0.25, -0.2) is 0 Å². The predicted molar refractivity (Wildman–Crippen MR) is 81.1 cm³/mol. The molecule has 1 aromatic heterocycles. The second-order valence-electron chi connectivity index (χ2n) is 3.95. The van der Waals surface area contributed by atoms with Crippen LogP contribution in [0, 0.1) is 0 Å². The van der Waals surface area contributed by atoms with Gasteiger partial charge in [0.05, 0.1) is 11.1 Å². The maximum absolute atomic E-state index is 11.6. The summed E-state index contributed by atoms with van der Waals surface area (Å²) in [6.45, 7) is 0.590. The molecule has 0 spiro atoms. The molecule has 0 saturated carbocycles. The molecule has 0 aliphatic heterocycles. The van der Waals surface area contributed by atoms with Crippen LogP contribution in [-0.4, -0.2) is 19.6 Å². The van der Waals surface area contributed by atoms with E-state index in [0.717, 1.165) is 10.9 Å². The Morgan fingerprint density at radius 2 is 2.26 bits per heavy atom. The summed E-state index contributed by atoms with van der Waals surface area (Å²) in [7, 11) is 1.61. The van der Waals surface area contributed by atoms with Gasteiger partial charge in [-0.2, -0.15) is 11.3 Å². The average Bonchev–Trinajstić information content (AvgIpc) is 2.93. The van der Waals surface area contributed by atoms with Crippen LogP contribution in [0.5, 0.6) is 5.75 Å². The molecule has 3 nitrogen and oxygen atoms in total.